The number of allylic oxidation sites excluding steroid dienone is 2. The molecule has 0 aromatic heterocycles. The van der Waals surface area contributed by atoms with Crippen molar-refractivity contribution in [1.82, 2.24) is 4.90 Å². The van der Waals surface area contributed by atoms with Crippen LogP contribution in [0.2, 0.25) is 0 Å². The maximum Gasteiger partial charge on any atom is 0.419 e. The number of alkyl halides is 3. The van der Waals surface area contributed by atoms with Crippen molar-refractivity contribution in [2.24, 2.45) is 4.99 Å². The quantitative estimate of drug-likeness (QED) is 0.810. The molecule has 3 rings (SSSR count). The standard InChI is InChI=1S/C15H13F3N2/c16-15(17,18)13-7-4-8-20-10-12(19-14(13)20)9-11-5-2-1-3-6-11/h1-8,12H,9-10H2. The van der Waals surface area contributed by atoms with E-state index < -0.39 is 11.7 Å². The number of hydrogen-bond donors (Lipinski definition) is 0. The second-order valence-corrected chi connectivity index (χ2v) is 4.87. The van der Waals surface area contributed by atoms with Gasteiger partial charge >= 0.3 is 6.18 Å². The Morgan fingerprint density at radius 1 is 1.20 bits per heavy atom. The smallest absolute Gasteiger partial charge is 0.331 e. The van der Waals surface area contributed by atoms with Crippen LogP contribution in [0.15, 0.2) is 59.2 Å². The van der Waals surface area contributed by atoms with Gasteiger partial charge in [0.2, 0.25) is 0 Å². The lowest BCUT2D eigenvalue weighted by molar-refractivity contribution is -0.0868. The topological polar surface area (TPSA) is 15.6 Å². The maximum atomic E-state index is 12.9. The SMILES string of the molecule is FC(F)(F)C1=CC=CN2CC(Cc3ccccc3)N=C12. The molecule has 20 heavy (non-hydrogen) atoms. The molecule has 1 aromatic carbocycles. The third-order valence-corrected chi connectivity index (χ3v) is 3.37. The second kappa shape index (κ2) is 4.81. The van der Waals surface area contributed by atoms with Gasteiger partial charge in [0, 0.05) is 12.7 Å². The predicted molar refractivity (Wildman–Crippen MR) is 71.4 cm³/mol. The number of aliphatic imine (C=N–C) groups is 1. The Morgan fingerprint density at radius 2 is 1.95 bits per heavy atom. The largest absolute Gasteiger partial charge is 0.419 e. The number of halogens is 3. The third kappa shape index (κ3) is 2.48. The number of benzene rings is 1. The molecule has 0 radical (unpaired) electrons. The van der Waals surface area contributed by atoms with Crippen molar-refractivity contribution in [3.8, 4) is 0 Å². The molecule has 104 valence electrons. The first-order chi connectivity index (χ1) is 9.54. The van der Waals surface area contributed by atoms with E-state index in [0.29, 0.717) is 13.0 Å². The molecule has 0 fully saturated rings. The van der Waals surface area contributed by atoms with E-state index in [1.54, 1.807) is 11.1 Å². The highest BCUT2D eigenvalue weighted by Crippen LogP contribution is 2.32. The Bertz CT molecular complexity index is 585. The highest BCUT2D eigenvalue weighted by Gasteiger charge is 2.42. The highest BCUT2D eigenvalue weighted by atomic mass is 19.4. The Morgan fingerprint density at radius 3 is 2.65 bits per heavy atom. The van der Waals surface area contributed by atoms with Crippen LogP contribution in [0.3, 0.4) is 0 Å². The predicted octanol–water partition coefficient (Wildman–Crippen LogP) is 3.33. The van der Waals surface area contributed by atoms with E-state index in [1.807, 2.05) is 30.3 Å². The number of amidine groups is 1. The van der Waals surface area contributed by atoms with Gasteiger partial charge in [-0.2, -0.15) is 13.2 Å². The zero-order chi connectivity index (χ0) is 14.2. The molecule has 0 amide bonds. The van der Waals surface area contributed by atoms with E-state index in [9.17, 15) is 13.2 Å². The molecule has 2 aliphatic heterocycles. The van der Waals surface area contributed by atoms with Crippen LogP contribution in [0.5, 0.6) is 0 Å². The summed E-state index contributed by atoms with van der Waals surface area (Å²) in [6.45, 7) is 0.494. The number of hydrogen-bond acceptors (Lipinski definition) is 2. The molecule has 0 bridgehead atoms. The lowest BCUT2D eigenvalue weighted by Crippen LogP contribution is -2.32. The van der Waals surface area contributed by atoms with Gasteiger partial charge in [0.05, 0.1) is 11.6 Å². The Kier molecular flexibility index (Phi) is 3.12. The summed E-state index contributed by atoms with van der Waals surface area (Å²) in [5.74, 6) is 0.0425. The average Bonchev–Trinajstić information content (AvgIpc) is 2.80. The molecule has 0 saturated carbocycles. The van der Waals surface area contributed by atoms with Crippen molar-refractivity contribution in [1.29, 1.82) is 0 Å². The van der Waals surface area contributed by atoms with Gasteiger partial charge in [-0.25, -0.2) is 0 Å². The summed E-state index contributed by atoms with van der Waals surface area (Å²) in [5, 5.41) is 0. The van der Waals surface area contributed by atoms with Gasteiger partial charge in [-0.1, -0.05) is 30.3 Å². The van der Waals surface area contributed by atoms with Gasteiger partial charge in [0.25, 0.3) is 0 Å². The number of rotatable bonds is 2. The Hall–Kier alpha value is -2.04. The molecule has 5 heteroatoms. The van der Waals surface area contributed by atoms with Crippen molar-refractivity contribution >= 4 is 5.84 Å². The summed E-state index contributed by atoms with van der Waals surface area (Å²) >= 11 is 0. The van der Waals surface area contributed by atoms with Crippen LogP contribution < -0.4 is 0 Å². The van der Waals surface area contributed by atoms with Gasteiger partial charge < -0.3 is 4.90 Å². The van der Waals surface area contributed by atoms with E-state index in [1.165, 1.54) is 6.08 Å². The molecular formula is C15H13F3N2. The molecule has 2 aliphatic rings. The molecule has 0 saturated heterocycles. The van der Waals surface area contributed by atoms with Crippen LogP contribution in [-0.2, 0) is 6.42 Å². The van der Waals surface area contributed by atoms with Crippen molar-refractivity contribution in [2.45, 2.75) is 18.6 Å². The van der Waals surface area contributed by atoms with E-state index >= 15 is 0 Å². The monoisotopic (exact) mass is 278 g/mol. The number of fused-ring (bicyclic) bond motifs is 1. The Labute approximate surface area is 114 Å². The van der Waals surface area contributed by atoms with Crippen molar-refractivity contribution in [2.75, 3.05) is 6.54 Å². The minimum Gasteiger partial charge on any atom is -0.331 e. The van der Waals surface area contributed by atoms with Crippen molar-refractivity contribution in [3.05, 3.63) is 59.8 Å². The van der Waals surface area contributed by atoms with Gasteiger partial charge in [0.1, 0.15) is 5.84 Å². The van der Waals surface area contributed by atoms with Crippen LogP contribution in [0.25, 0.3) is 0 Å². The molecule has 1 aromatic rings. The molecule has 0 N–H and O–H groups in total. The summed E-state index contributed by atoms with van der Waals surface area (Å²) in [6.07, 6.45) is 0.454. The first kappa shape index (κ1) is 13.0. The molecule has 2 nitrogen and oxygen atoms in total. The highest BCUT2D eigenvalue weighted by molar-refractivity contribution is 6.02. The Balaban J connectivity index is 1.82. The second-order valence-electron chi connectivity index (χ2n) is 4.87. The average molecular weight is 278 g/mol. The van der Waals surface area contributed by atoms with Crippen LogP contribution in [0.4, 0.5) is 13.2 Å². The first-order valence-electron chi connectivity index (χ1n) is 6.38. The lowest BCUT2D eigenvalue weighted by Gasteiger charge is -2.22. The van der Waals surface area contributed by atoms with E-state index in [-0.39, 0.29) is 11.9 Å². The molecule has 1 atom stereocenters. The third-order valence-electron chi connectivity index (χ3n) is 3.37. The minimum atomic E-state index is -4.36. The van der Waals surface area contributed by atoms with E-state index in [2.05, 4.69) is 4.99 Å². The van der Waals surface area contributed by atoms with E-state index in [0.717, 1.165) is 11.6 Å². The maximum absolute atomic E-state index is 12.9. The van der Waals surface area contributed by atoms with Gasteiger partial charge in [-0.3, -0.25) is 4.99 Å². The normalized spacial score (nSPS) is 21.6. The summed E-state index contributed by atoms with van der Waals surface area (Å²) in [6, 6.07) is 9.56. The minimum absolute atomic E-state index is 0.0425. The lowest BCUT2D eigenvalue weighted by atomic mass is 10.1. The van der Waals surface area contributed by atoms with E-state index in [4.69, 9.17) is 0 Å². The molecule has 2 heterocycles. The molecule has 0 spiro atoms. The zero-order valence-electron chi connectivity index (χ0n) is 10.6. The van der Waals surface area contributed by atoms with Crippen LogP contribution in [0, 0.1) is 0 Å². The molecule has 0 aliphatic carbocycles. The van der Waals surface area contributed by atoms with Crippen LogP contribution >= 0.6 is 0 Å². The fourth-order valence-corrected chi connectivity index (χ4v) is 2.49. The number of nitrogens with zero attached hydrogens (tertiary/aromatic N) is 2. The summed E-state index contributed by atoms with van der Waals surface area (Å²) in [7, 11) is 0. The van der Waals surface area contributed by atoms with Crippen LogP contribution in [0.1, 0.15) is 5.56 Å². The van der Waals surface area contributed by atoms with Gasteiger partial charge in [0.15, 0.2) is 0 Å². The fourth-order valence-electron chi connectivity index (χ4n) is 2.49. The van der Waals surface area contributed by atoms with Crippen molar-refractivity contribution in [3.63, 3.8) is 0 Å². The molecular weight excluding hydrogens is 265 g/mol. The summed E-state index contributed by atoms with van der Waals surface area (Å²) in [5.41, 5.74) is 0.429. The first-order valence-corrected chi connectivity index (χ1v) is 6.38. The van der Waals surface area contributed by atoms with Crippen LogP contribution in [-0.4, -0.2) is 29.5 Å². The van der Waals surface area contributed by atoms with Crippen molar-refractivity contribution < 1.29 is 13.2 Å². The fraction of sp³-hybridized carbons (Fsp3) is 0.267. The summed E-state index contributed by atoms with van der Waals surface area (Å²) < 4.78 is 38.8. The van der Waals surface area contributed by atoms with Gasteiger partial charge in [-0.05, 0) is 24.1 Å². The zero-order valence-corrected chi connectivity index (χ0v) is 10.6. The van der Waals surface area contributed by atoms with Gasteiger partial charge in [-0.15, -0.1) is 0 Å². The summed E-state index contributed by atoms with van der Waals surface area (Å²) in [4.78, 5) is 5.84. The molecule has 1 unspecified atom stereocenters.